The largest absolute Gasteiger partial charge is 0.338 e. The lowest BCUT2D eigenvalue weighted by Gasteiger charge is -2.32. The summed E-state index contributed by atoms with van der Waals surface area (Å²) >= 11 is 0. The Morgan fingerprint density at radius 2 is 1.48 bits per heavy atom. The molecule has 4 heteroatoms. The van der Waals surface area contributed by atoms with E-state index in [9.17, 15) is 0 Å². The maximum atomic E-state index is 4.92. The minimum Gasteiger partial charge on any atom is -0.338 e. The van der Waals surface area contributed by atoms with Crippen LogP contribution in [0.4, 0.5) is 5.95 Å². The summed E-state index contributed by atoms with van der Waals surface area (Å²) < 4.78 is 0. The van der Waals surface area contributed by atoms with Crippen molar-refractivity contribution in [2.45, 2.75) is 0 Å². The zero-order valence-corrected chi connectivity index (χ0v) is 13.3. The van der Waals surface area contributed by atoms with Gasteiger partial charge in [0.1, 0.15) is 0 Å². The van der Waals surface area contributed by atoms with E-state index in [2.05, 4.69) is 53.2 Å². The molecule has 0 amide bonds. The van der Waals surface area contributed by atoms with Crippen LogP contribution in [0.2, 0.25) is 0 Å². The Labute approximate surface area is 136 Å². The van der Waals surface area contributed by atoms with E-state index in [1.807, 2.05) is 18.2 Å². The standard InChI is InChI=1S/C19H20N4/c1-22-11-13-23(14-12-22)19-20-17-10-6-5-9-16(17)18(21-19)15-7-3-2-4-8-15/h2-10H,11-14H2,1H3. The quantitative estimate of drug-likeness (QED) is 0.728. The zero-order chi connectivity index (χ0) is 15.6. The molecular formula is C19H20N4. The highest BCUT2D eigenvalue weighted by Gasteiger charge is 2.18. The van der Waals surface area contributed by atoms with Crippen molar-refractivity contribution in [1.29, 1.82) is 0 Å². The fraction of sp³-hybridized carbons (Fsp3) is 0.263. The molecule has 4 nitrogen and oxygen atoms in total. The minimum atomic E-state index is 0.843. The lowest BCUT2D eigenvalue weighted by atomic mass is 10.1. The molecule has 23 heavy (non-hydrogen) atoms. The third-order valence-electron chi connectivity index (χ3n) is 4.42. The third kappa shape index (κ3) is 2.78. The van der Waals surface area contributed by atoms with Gasteiger partial charge >= 0.3 is 0 Å². The summed E-state index contributed by atoms with van der Waals surface area (Å²) in [6.45, 7) is 4.06. The molecule has 116 valence electrons. The molecule has 0 saturated carbocycles. The van der Waals surface area contributed by atoms with Gasteiger partial charge in [0, 0.05) is 37.1 Å². The van der Waals surface area contributed by atoms with Gasteiger partial charge in [0.2, 0.25) is 5.95 Å². The smallest absolute Gasteiger partial charge is 0.226 e. The SMILES string of the molecule is CN1CCN(c2nc(-c3ccccc3)c3ccccc3n2)CC1. The van der Waals surface area contributed by atoms with Crippen LogP contribution in [0.5, 0.6) is 0 Å². The lowest BCUT2D eigenvalue weighted by molar-refractivity contribution is 0.311. The number of anilines is 1. The summed E-state index contributed by atoms with van der Waals surface area (Å²) in [6, 6.07) is 18.6. The maximum Gasteiger partial charge on any atom is 0.226 e. The van der Waals surface area contributed by atoms with Gasteiger partial charge in [-0.1, -0.05) is 48.5 Å². The predicted molar refractivity (Wildman–Crippen MR) is 94.7 cm³/mol. The molecular weight excluding hydrogens is 284 g/mol. The number of aromatic nitrogens is 2. The van der Waals surface area contributed by atoms with Crippen molar-refractivity contribution in [3.63, 3.8) is 0 Å². The van der Waals surface area contributed by atoms with Crippen LogP contribution in [0, 0.1) is 0 Å². The van der Waals surface area contributed by atoms with Crippen molar-refractivity contribution in [3.05, 3.63) is 54.6 Å². The molecule has 1 fully saturated rings. The van der Waals surface area contributed by atoms with E-state index in [0.717, 1.165) is 54.3 Å². The Kier molecular flexibility index (Phi) is 3.67. The number of hydrogen-bond acceptors (Lipinski definition) is 4. The Bertz CT molecular complexity index is 808. The Hall–Kier alpha value is -2.46. The number of fused-ring (bicyclic) bond motifs is 1. The number of hydrogen-bond donors (Lipinski definition) is 0. The second-order valence-corrected chi connectivity index (χ2v) is 6.05. The molecule has 0 spiro atoms. The lowest BCUT2D eigenvalue weighted by Crippen LogP contribution is -2.45. The number of rotatable bonds is 2. The van der Waals surface area contributed by atoms with E-state index in [0.29, 0.717) is 0 Å². The van der Waals surface area contributed by atoms with E-state index in [1.54, 1.807) is 0 Å². The molecule has 2 aromatic carbocycles. The Morgan fingerprint density at radius 3 is 2.26 bits per heavy atom. The molecule has 1 aromatic heterocycles. The first-order valence-corrected chi connectivity index (χ1v) is 8.07. The van der Waals surface area contributed by atoms with E-state index in [1.165, 1.54) is 0 Å². The van der Waals surface area contributed by atoms with Crippen LogP contribution in [-0.4, -0.2) is 48.1 Å². The van der Waals surface area contributed by atoms with Gasteiger partial charge in [0.15, 0.2) is 0 Å². The maximum absolute atomic E-state index is 4.92. The normalized spacial score (nSPS) is 16.0. The van der Waals surface area contributed by atoms with Crippen LogP contribution < -0.4 is 4.90 Å². The van der Waals surface area contributed by atoms with Gasteiger partial charge in [-0.15, -0.1) is 0 Å². The summed E-state index contributed by atoms with van der Waals surface area (Å²) in [7, 11) is 2.16. The van der Waals surface area contributed by atoms with E-state index in [4.69, 9.17) is 9.97 Å². The van der Waals surface area contributed by atoms with Gasteiger partial charge in [0.25, 0.3) is 0 Å². The van der Waals surface area contributed by atoms with Gasteiger partial charge < -0.3 is 9.80 Å². The second-order valence-electron chi connectivity index (χ2n) is 6.05. The average Bonchev–Trinajstić information content (AvgIpc) is 2.62. The van der Waals surface area contributed by atoms with Gasteiger partial charge in [-0.25, -0.2) is 9.97 Å². The van der Waals surface area contributed by atoms with Crippen LogP contribution >= 0.6 is 0 Å². The molecule has 4 rings (SSSR count). The van der Waals surface area contributed by atoms with Gasteiger partial charge in [-0.2, -0.15) is 0 Å². The first-order chi connectivity index (χ1) is 11.3. The highest BCUT2D eigenvalue weighted by Crippen LogP contribution is 2.28. The van der Waals surface area contributed by atoms with Crippen molar-refractivity contribution in [1.82, 2.24) is 14.9 Å². The van der Waals surface area contributed by atoms with Crippen LogP contribution in [0.3, 0.4) is 0 Å². The van der Waals surface area contributed by atoms with Crippen molar-refractivity contribution < 1.29 is 0 Å². The summed E-state index contributed by atoms with van der Waals surface area (Å²) in [5.41, 5.74) is 3.17. The van der Waals surface area contributed by atoms with Crippen molar-refractivity contribution in [3.8, 4) is 11.3 Å². The molecule has 2 heterocycles. The molecule has 1 aliphatic rings. The molecule has 0 bridgehead atoms. The first kappa shape index (κ1) is 14.2. The molecule has 1 aliphatic heterocycles. The Balaban J connectivity index is 1.84. The number of para-hydroxylation sites is 1. The van der Waals surface area contributed by atoms with Gasteiger partial charge in [-0.3, -0.25) is 0 Å². The van der Waals surface area contributed by atoms with E-state index < -0.39 is 0 Å². The fourth-order valence-corrected chi connectivity index (χ4v) is 3.03. The summed E-state index contributed by atoms with van der Waals surface area (Å²) in [5.74, 6) is 0.843. The molecule has 0 aliphatic carbocycles. The van der Waals surface area contributed by atoms with Gasteiger partial charge in [0.05, 0.1) is 11.2 Å². The number of likely N-dealkylation sites (N-methyl/N-ethyl adjacent to an activating group) is 1. The summed E-state index contributed by atoms with van der Waals surface area (Å²) in [6.07, 6.45) is 0. The highest BCUT2D eigenvalue weighted by molar-refractivity contribution is 5.93. The van der Waals surface area contributed by atoms with Crippen molar-refractivity contribution >= 4 is 16.9 Å². The molecule has 0 unspecified atom stereocenters. The number of benzene rings is 2. The minimum absolute atomic E-state index is 0.843. The van der Waals surface area contributed by atoms with Gasteiger partial charge in [-0.05, 0) is 13.1 Å². The van der Waals surface area contributed by atoms with E-state index in [-0.39, 0.29) is 0 Å². The monoisotopic (exact) mass is 304 g/mol. The number of nitrogens with zero attached hydrogens (tertiary/aromatic N) is 4. The van der Waals surface area contributed by atoms with Crippen LogP contribution in [0.15, 0.2) is 54.6 Å². The molecule has 0 N–H and O–H groups in total. The average molecular weight is 304 g/mol. The molecule has 0 atom stereocenters. The highest BCUT2D eigenvalue weighted by atomic mass is 15.3. The molecule has 3 aromatic rings. The van der Waals surface area contributed by atoms with Crippen molar-refractivity contribution in [2.24, 2.45) is 0 Å². The number of piperazine rings is 1. The molecule has 1 saturated heterocycles. The van der Waals surface area contributed by atoms with Crippen LogP contribution in [0.1, 0.15) is 0 Å². The van der Waals surface area contributed by atoms with Crippen LogP contribution in [-0.2, 0) is 0 Å². The zero-order valence-electron chi connectivity index (χ0n) is 13.3. The Morgan fingerprint density at radius 1 is 0.783 bits per heavy atom. The first-order valence-electron chi connectivity index (χ1n) is 8.07. The third-order valence-corrected chi connectivity index (χ3v) is 4.42. The fourth-order valence-electron chi connectivity index (χ4n) is 3.03. The summed E-state index contributed by atoms with van der Waals surface area (Å²) in [5, 5.41) is 1.11. The van der Waals surface area contributed by atoms with Crippen molar-refractivity contribution in [2.75, 3.05) is 38.1 Å². The molecule has 0 radical (unpaired) electrons. The van der Waals surface area contributed by atoms with E-state index >= 15 is 0 Å². The summed E-state index contributed by atoms with van der Waals surface area (Å²) in [4.78, 5) is 14.4. The topological polar surface area (TPSA) is 32.3 Å². The predicted octanol–water partition coefficient (Wildman–Crippen LogP) is 3.05. The second kappa shape index (κ2) is 5.97. The van der Waals surface area contributed by atoms with Crippen LogP contribution in [0.25, 0.3) is 22.2 Å².